The van der Waals surface area contributed by atoms with Crippen LogP contribution in [0.4, 0.5) is 0 Å². The van der Waals surface area contributed by atoms with Gasteiger partial charge in [-0.3, -0.25) is 4.79 Å². The molecule has 0 aliphatic carbocycles. The topological polar surface area (TPSA) is 56.8 Å². The minimum Gasteiger partial charge on any atom is -0.493 e. The summed E-state index contributed by atoms with van der Waals surface area (Å²) in [7, 11) is 0. The van der Waals surface area contributed by atoms with Crippen molar-refractivity contribution in [2.45, 2.75) is 32.9 Å². The van der Waals surface area contributed by atoms with Crippen LogP contribution in [0.1, 0.15) is 31.1 Å². The number of ether oxygens (including phenoxy) is 3. The number of fused-ring (bicyclic) bond motifs is 1. The summed E-state index contributed by atoms with van der Waals surface area (Å²) in [5.41, 5.74) is 0.589. The number of hydrogen-bond acceptors (Lipinski definition) is 4. The van der Waals surface area contributed by atoms with Crippen LogP contribution in [0.15, 0.2) is 48.5 Å². The summed E-state index contributed by atoms with van der Waals surface area (Å²) in [6.45, 7) is 7.17. The van der Waals surface area contributed by atoms with Gasteiger partial charge in [0.2, 0.25) is 0 Å². The van der Waals surface area contributed by atoms with Gasteiger partial charge in [0.15, 0.2) is 17.6 Å². The molecule has 1 heterocycles. The number of para-hydroxylation sites is 2. The lowest BCUT2D eigenvalue weighted by Crippen LogP contribution is -2.48. The third kappa shape index (κ3) is 4.48. The summed E-state index contributed by atoms with van der Waals surface area (Å²) in [6, 6.07) is 14.5. The molecule has 0 radical (unpaired) electrons. The Morgan fingerprint density at radius 2 is 1.81 bits per heavy atom. The van der Waals surface area contributed by atoms with Crippen LogP contribution in [0.3, 0.4) is 0 Å². The first-order valence-corrected chi connectivity index (χ1v) is 8.95. The minimum atomic E-state index is -0.234. The molecule has 0 unspecified atom stereocenters. The van der Waals surface area contributed by atoms with E-state index in [0.29, 0.717) is 30.4 Å². The molecule has 0 saturated carbocycles. The van der Waals surface area contributed by atoms with Crippen LogP contribution in [0.5, 0.6) is 17.2 Å². The molecule has 0 aromatic heterocycles. The zero-order chi connectivity index (χ0) is 18.5. The zero-order valence-corrected chi connectivity index (χ0v) is 15.4. The molecule has 5 nitrogen and oxygen atoms in total. The molecular formula is C21H25NO4. The van der Waals surface area contributed by atoms with Crippen LogP contribution >= 0.6 is 0 Å². The molecule has 1 aliphatic rings. The quantitative estimate of drug-likeness (QED) is 0.859. The molecule has 1 aliphatic heterocycles. The smallest absolute Gasteiger partial charge is 0.251 e. The Labute approximate surface area is 154 Å². The third-order valence-corrected chi connectivity index (χ3v) is 4.15. The predicted octanol–water partition coefficient (Wildman–Crippen LogP) is 3.68. The second-order valence-corrected chi connectivity index (χ2v) is 6.91. The monoisotopic (exact) mass is 355 g/mol. The fraction of sp³-hybridized carbons (Fsp3) is 0.381. The van der Waals surface area contributed by atoms with Crippen molar-refractivity contribution in [2.75, 3.05) is 13.2 Å². The Hall–Kier alpha value is -2.69. The first-order valence-electron chi connectivity index (χ1n) is 8.95. The van der Waals surface area contributed by atoms with Crippen LogP contribution in [0.2, 0.25) is 0 Å². The summed E-state index contributed by atoms with van der Waals surface area (Å²) >= 11 is 0. The van der Waals surface area contributed by atoms with E-state index in [1.807, 2.05) is 43.3 Å². The van der Waals surface area contributed by atoms with E-state index in [1.165, 1.54) is 0 Å². The molecule has 2 aromatic carbocycles. The number of hydrogen-bond donors (Lipinski definition) is 1. The first kappa shape index (κ1) is 18.1. The molecular weight excluding hydrogens is 330 g/mol. The van der Waals surface area contributed by atoms with Crippen molar-refractivity contribution in [2.24, 2.45) is 5.92 Å². The van der Waals surface area contributed by atoms with Gasteiger partial charge in [0.05, 0.1) is 12.6 Å². The van der Waals surface area contributed by atoms with E-state index in [4.69, 9.17) is 14.2 Å². The Morgan fingerprint density at radius 1 is 1.12 bits per heavy atom. The Kier molecular flexibility index (Phi) is 5.66. The number of rotatable bonds is 6. The van der Waals surface area contributed by atoms with Crippen molar-refractivity contribution in [3.8, 4) is 17.2 Å². The molecule has 5 heteroatoms. The van der Waals surface area contributed by atoms with Crippen LogP contribution < -0.4 is 19.5 Å². The molecule has 138 valence electrons. The van der Waals surface area contributed by atoms with Crippen molar-refractivity contribution in [1.82, 2.24) is 5.32 Å². The number of nitrogens with one attached hydrogen (secondary N) is 1. The lowest BCUT2D eigenvalue weighted by Gasteiger charge is -2.30. The molecule has 0 fully saturated rings. The lowest BCUT2D eigenvalue weighted by molar-refractivity contribution is 0.0606. The second kappa shape index (κ2) is 8.13. The van der Waals surface area contributed by atoms with Gasteiger partial charge in [-0.05, 0) is 49.2 Å². The Bertz CT molecular complexity index is 742. The third-order valence-electron chi connectivity index (χ3n) is 4.15. The number of benzene rings is 2. The maximum atomic E-state index is 12.5. The Morgan fingerprint density at radius 3 is 2.50 bits per heavy atom. The van der Waals surface area contributed by atoms with Crippen LogP contribution in [0.25, 0.3) is 0 Å². The summed E-state index contributed by atoms with van der Waals surface area (Å²) in [4.78, 5) is 12.5. The van der Waals surface area contributed by atoms with E-state index >= 15 is 0 Å². The maximum Gasteiger partial charge on any atom is 0.251 e. The molecule has 1 amide bonds. The SMILES string of the molecule is CC(C)COc1ccc(C(=O)N[C@@H](C)[C@H]2COc3ccccc3O2)cc1. The van der Waals surface area contributed by atoms with Gasteiger partial charge in [0, 0.05) is 5.56 Å². The lowest BCUT2D eigenvalue weighted by atomic mass is 10.1. The molecule has 3 rings (SSSR count). The van der Waals surface area contributed by atoms with Crippen molar-refractivity contribution in [3.05, 3.63) is 54.1 Å². The van der Waals surface area contributed by atoms with Gasteiger partial charge in [0.25, 0.3) is 5.91 Å². The van der Waals surface area contributed by atoms with E-state index in [2.05, 4.69) is 19.2 Å². The molecule has 0 bridgehead atoms. The van der Waals surface area contributed by atoms with Gasteiger partial charge < -0.3 is 19.5 Å². The van der Waals surface area contributed by atoms with Crippen molar-refractivity contribution in [1.29, 1.82) is 0 Å². The average Bonchev–Trinajstić information content (AvgIpc) is 2.66. The van der Waals surface area contributed by atoms with Gasteiger partial charge in [-0.2, -0.15) is 0 Å². The number of amides is 1. The summed E-state index contributed by atoms with van der Waals surface area (Å²) < 4.78 is 17.3. The standard InChI is InChI=1S/C21H25NO4/c1-14(2)12-24-17-10-8-16(9-11-17)21(23)22-15(3)20-13-25-18-6-4-5-7-19(18)26-20/h4-11,14-15,20H,12-13H2,1-3H3,(H,22,23)/t15-,20+/m0/s1. The summed E-state index contributed by atoms with van der Waals surface area (Å²) in [6.07, 6.45) is -0.234. The Balaban J connectivity index is 1.56. The van der Waals surface area contributed by atoms with E-state index in [9.17, 15) is 4.79 Å². The molecule has 26 heavy (non-hydrogen) atoms. The van der Waals surface area contributed by atoms with E-state index in [0.717, 1.165) is 11.5 Å². The molecule has 0 spiro atoms. The fourth-order valence-electron chi connectivity index (χ4n) is 2.63. The van der Waals surface area contributed by atoms with Crippen LogP contribution in [-0.4, -0.2) is 31.3 Å². The van der Waals surface area contributed by atoms with Gasteiger partial charge in [-0.15, -0.1) is 0 Å². The van der Waals surface area contributed by atoms with E-state index in [1.54, 1.807) is 12.1 Å². The number of carbonyl (C=O) groups excluding carboxylic acids is 1. The zero-order valence-electron chi connectivity index (χ0n) is 15.4. The highest BCUT2D eigenvalue weighted by molar-refractivity contribution is 5.94. The maximum absolute atomic E-state index is 12.5. The first-order chi connectivity index (χ1) is 12.5. The largest absolute Gasteiger partial charge is 0.493 e. The molecule has 0 saturated heterocycles. The van der Waals surface area contributed by atoms with Crippen LogP contribution in [0, 0.1) is 5.92 Å². The van der Waals surface area contributed by atoms with E-state index in [-0.39, 0.29) is 18.1 Å². The fourth-order valence-corrected chi connectivity index (χ4v) is 2.63. The van der Waals surface area contributed by atoms with Crippen molar-refractivity contribution in [3.63, 3.8) is 0 Å². The van der Waals surface area contributed by atoms with Gasteiger partial charge >= 0.3 is 0 Å². The van der Waals surface area contributed by atoms with Gasteiger partial charge in [0.1, 0.15) is 12.4 Å². The highest BCUT2D eigenvalue weighted by Gasteiger charge is 2.27. The number of carbonyl (C=O) groups is 1. The normalized spacial score (nSPS) is 16.8. The molecule has 2 atom stereocenters. The van der Waals surface area contributed by atoms with Crippen molar-refractivity contribution >= 4 is 5.91 Å². The molecule has 2 aromatic rings. The highest BCUT2D eigenvalue weighted by atomic mass is 16.6. The molecule has 1 N–H and O–H groups in total. The van der Waals surface area contributed by atoms with E-state index < -0.39 is 0 Å². The van der Waals surface area contributed by atoms with Gasteiger partial charge in [-0.1, -0.05) is 26.0 Å². The summed E-state index contributed by atoms with van der Waals surface area (Å²) in [5, 5.41) is 2.98. The minimum absolute atomic E-state index is 0.143. The van der Waals surface area contributed by atoms with Crippen molar-refractivity contribution < 1.29 is 19.0 Å². The predicted molar refractivity (Wildman–Crippen MR) is 100 cm³/mol. The average molecular weight is 355 g/mol. The summed E-state index contributed by atoms with van der Waals surface area (Å²) in [5.74, 6) is 2.52. The van der Waals surface area contributed by atoms with Crippen LogP contribution in [-0.2, 0) is 0 Å². The van der Waals surface area contributed by atoms with Gasteiger partial charge in [-0.25, -0.2) is 0 Å². The highest BCUT2D eigenvalue weighted by Crippen LogP contribution is 2.31. The second-order valence-electron chi connectivity index (χ2n) is 6.91.